The Hall–Kier alpha value is -2.76. The quantitative estimate of drug-likeness (QED) is 0.526. The summed E-state index contributed by atoms with van der Waals surface area (Å²) in [6.45, 7) is 4.35. The molecule has 2 aromatic rings. The fraction of sp³-hybridized carbons (Fsp3) is 0.500. The molecule has 2 aliphatic rings. The van der Waals surface area contributed by atoms with E-state index < -0.39 is 10.0 Å². The molecule has 1 aromatic carbocycles. The fourth-order valence-electron chi connectivity index (χ4n) is 3.96. The van der Waals surface area contributed by atoms with Crippen LogP contribution < -0.4 is 9.64 Å². The Morgan fingerprint density at radius 2 is 1.61 bits per heavy atom. The van der Waals surface area contributed by atoms with E-state index in [1.807, 2.05) is 6.07 Å². The topological polar surface area (TPSA) is 105 Å². The summed E-state index contributed by atoms with van der Waals surface area (Å²) >= 11 is 0. The van der Waals surface area contributed by atoms with Crippen molar-refractivity contribution in [3.63, 3.8) is 0 Å². The third-order valence-electron chi connectivity index (χ3n) is 5.86. The van der Waals surface area contributed by atoms with Crippen LogP contribution in [0.2, 0.25) is 0 Å². The molecule has 1 aromatic heterocycles. The zero-order valence-electron chi connectivity index (χ0n) is 18.7. The summed E-state index contributed by atoms with van der Waals surface area (Å²) < 4.78 is 37.2. The van der Waals surface area contributed by atoms with Crippen molar-refractivity contribution in [2.45, 2.75) is 17.7 Å². The van der Waals surface area contributed by atoms with Crippen LogP contribution in [-0.2, 0) is 14.8 Å². The van der Waals surface area contributed by atoms with Gasteiger partial charge in [-0.25, -0.2) is 8.42 Å². The molecule has 0 N–H and O–H groups in total. The highest BCUT2D eigenvalue weighted by molar-refractivity contribution is 7.89. The number of hydrogen-bond acceptors (Lipinski definition) is 8. The number of anilines is 1. The van der Waals surface area contributed by atoms with Gasteiger partial charge in [-0.15, -0.1) is 10.2 Å². The van der Waals surface area contributed by atoms with Crippen molar-refractivity contribution in [2.24, 2.45) is 0 Å². The van der Waals surface area contributed by atoms with Gasteiger partial charge in [0.05, 0.1) is 11.5 Å². The predicted molar refractivity (Wildman–Crippen MR) is 122 cm³/mol. The van der Waals surface area contributed by atoms with E-state index in [1.54, 1.807) is 30.2 Å². The third kappa shape index (κ3) is 5.43. The molecule has 33 heavy (non-hydrogen) atoms. The van der Waals surface area contributed by atoms with Crippen LogP contribution in [0.15, 0.2) is 41.3 Å². The van der Waals surface area contributed by atoms with Gasteiger partial charge in [-0.2, -0.15) is 4.31 Å². The highest BCUT2D eigenvalue weighted by Crippen LogP contribution is 2.22. The van der Waals surface area contributed by atoms with Crippen molar-refractivity contribution in [1.29, 1.82) is 0 Å². The minimum atomic E-state index is -3.48. The van der Waals surface area contributed by atoms with Crippen LogP contribution in [0.1, 0.15) is 23.2 Å². The standard InChI is InChI=1S/C22H29N5O5S/c1-31-16-17-32-21-9-8-20(23-24-21)25-12-14-26(15-13-25)22(28)18-4-6-19(7-5-18)33(29,30)27-10-2-3-11-27/h4-9H,2-3,10-17H2,1H3. The maximum Gasteiger partial charge on any atom is 0.253 e. The number of sulfonamides is 1. The Labute approximate surface area is 194 Å². The molecule has 2 saturated heterocycles. The minimum absolute atomic E-state index is 0.104. The number of carbonyl (C=O) groups is 1. The van der Waals surface area contributed by atoms with Crippen LogP contribution in [0.5, 0.6) is 5.88 Å². The molecule has 1 amide bonds. The highest BCUT2D eigenvalue weighted by atomic mass is 32.2. The van der Waals surface area contributed by atoms with Crippen molar-refractivity contribution >= 4 is 21.7 Å². The van der Waals surface area contributed by atoms with Crippen molar-refractivity contribution in [3.8, 4) is 5.88 Å². The number of aromatic nitrogens is 2. The summed E-state index contributed by atoms with van der Waals surface area (Å²) in [5.41, 5.74) is 0.487. The fourth-order valence-corrected chi connectivity index (χ4v) is 5.47. The molecule has 0 aliphatic carbocycles. The molecule has 4 rings (SSSR count). The summed E-state index contributed by atoms with van der Waals surface area (Å²) in [6, 6.07) is 9.89. The minimum Gasteiger partial charge on any atom is -0.474 e. The smallest absolute Gasteiger partial charge is 0.253 e. The molecule has 11 heteroatoms. The molecule has 2 fully saturated rings. The van der Waals surface area contributed by atoms with E-state index in [1.165, 1.54) is 16.4 Å². The first kappa shape index (κ1) is 23.4. The Kier molecular flexibility index (Phi) is 7.41. The van der Waals surface area contributed by atoms with Crippen molar-refractivity contribution in [1.82, 2.24) is 19.4 Å². The summed E-state index contributed by atoms with van der Waals surface area (Å²) in [7, 11) is -1.87. The van der Waals surface area contributed by atoms with Gasteiger partial charge in [0.25, 0.3) is 5.91 Å². The van der Waals surface area contributed by atoms with Crippen LogP contribution in [0.3, 0.4) is 0 Å². The number of rotatable bonds is 8. The van der Waals surface area contributed by atoms with E-state index in [0.29, 0.717) is 63.9 Å². The summed E-state index contributed by atoms with van der Waals surface area (Å²) in [5, 5.41) is 8.30. The van der Waals surface area contributed by atoms with Gasteiger partial charge in [0.15, 0.2) is 5.82 Å². The molecule has 10 nitrogen and oxygen atoms in total. The number of piperazine rings is 1. The second-order valence-corrected chi connectivity index (χ2v) is 9.92. The molecule has 0 atom stereocenters. The van der Waals surface area contributed by atoms with E-state index >= 15 is 0 Å². The van der Waals surface area contributed by atoms with E-state index in [0.717, 1.165) is 18.7 Å². The molecule has 178 valence electrons. The van der Waals surface area contributed by atoms with E-state index in [2.05, 4.69) is 15.1 Å². The van der Waals surface area contributed by atoms with Gasteiger partial charge < -0.3 is 19.3 Å². The summed E-state index contributed by atoms with van der Waals surface area (Å²) in [4.78, 5) is 17.0. The highest BCUT2D eigenvalue weighted by Gasteiger charge is 2.28. The second kappa shape index (κ2) is 10.4. The molecule has 0 saturated carbocycles. The number of ether oxygens (including phenoxy) is 2. The first-order valence-electron chi connectivity index (χ1n) is 11.1. The number of methoxy groups -OCH3 is 1. The lowest BCUT2D eigenvalue weighted by Crippen LogP contribution is -2.49. The lowest BCUT2D eigenvalue weighted by Gasteiger charge is -2.35. The SMILES string of the molecule is COCCOc1ccc(N2CCN(C(=O)c3ccc(S(=O)(=O)N4CCCC4)cc3)CC2)nn1. The van der Waals surface area contributed by atoms with Crippen molar-refractivity contribution < 1.29 is 22.7 Å². The number of amides is 1. The largest absolute Gasteiger partial charge is 0.474 e. The maximum absolute atomic E-state index is 12.9. The van der Waals surface area contributed by atoms with E-state index in [-0.39, 0.29) is 10.8 Å². The van der Waals surface area contributed by atoms with Crippen molar-refractivity contribution in [3.05, 3.63) is 42.0 Å². The molecule has 0 bridgehead atoms. The number of nitrogens with zero attached hydrogens (tertiary/aromatic N) is 5. The van der Waals surface area contributed by atoms with Crippen molar-refractivity contribution in [2.75, 3.05) is 64.5 Å². The molecule has 0 radical (unpaired) electrons. The molecular weight excluding hydrogens is 446 g/mol. The van der Waals surface area contributed by atoms with Crippen LogP contribution in [0.4, 0.5) is 5.82 Å². The zero-order valence-corrected chi connectivity index (χ0v) is 19.5. The summed E-state index contributed by atoms with van der Waals surface area (Å²) in [5.74, 6) is 1.07. The van der Waals surface area contributed by atoms with Gasteiger partial charge in [-0.05, 0) is 43.2 Å². The third-order valence-corrected chi connectivity index (χ3v) is 7.77. The Bertz CT molecular complexity index is 1030. The lowest BCUT2D eigenvalue weighted by atomic mass is 10.2. The average Bonchev–Trinajstić information content (AvgIpc) is 3.41. The molecule has 0 spiro atoms. The molecule has 2 aliphatic heterocycles. The molecule has 3 heterocycles. The average molecular weight is 476 g/mol. The first-order chi connectivity index (χ1) is 16.0. The van der Waals surface area contributed by atoms with Gasteiger partial charge in [-0.3, -0.25) is 4.79 Å². The van der Waals surface area contributed by atoms with Crippen LogP contribution in [-0.4, -0.2) is 93.3 Å². The van der Waals surface area contributed by atoms with Crippen LogP contribution in [0.25, 0.3) is 0 Å². The second-order valence-electron chi connectivity index (χ2n) is 7.99. The summed E-state index contributed by atoms with van der Waals surface area (Å²) in [6.07, 6.45) is 1.78. The number of benzene rings is 1. The predicted octanol–water partition coefficient (Wildman–Crippen LogP) is 1.25. The van der Waals surface area contributed by atoms with Crippen LogP contribution >= 0.6 is 0 Å². The van der Waals surface area contributed by atoms with Gasteiger partial charge >= 0.3 is 0 Å². The lowest BCUT2D eigenvalue weighted by molar-refractivity contribution is 0.0746. The van der Waals surface area contributed by atoms with E-state index in [4.69, 9.17) is 9.47 Å². The Morgan fingerprint density at radius 1 is 0.909 bits per heavy atom. The maximum atomic E-state index is 12.9. The Balaban J connectivity index is 1.32. The van der Waals surface area contributed by atoms with Gasteiger partial charge in [-0.1, -0.05) is 0 Å². The normalized spacial score (nSPS) is 17.4. The molecule has 0 unspecified atom stereocenters. The zero-order chi connectivity index (χ0) is 23.3. The van der Waals surface area contributed by atoms with Gasteiger partial charge in [0, 0.05) is 58.0 Å². The van der Waals surface area contributed by atoms with Crippen LogP contribution in [0, 0.1) is 0 Å². The Morgan fingerprint density at radius 3 is 2.21 bits per heavy atom. The molecular formula is C22H29N5O5S. The van der Waals surface area contributed by atoms with Gasteiger partial charge in [0.1, 0.15) is 6.61 Å². The number of carbonyl (C=O) groups excluding carboxylic acids is 1. The number of hydrogen-bond donors (Lipinski definition) is 0. The first-order valence-corrected chi connectivity index (χ1v) is 12.5. The van der Waals surface area contributed by atoms with Gasteiger partial charge in [0.2, 0.25) is 15.9 Å². The monoisotopic (exact) mass is 475 g/mol. The van der Waals surface area contributed by atoms with E-state index in [9.17, 15) is 13.2 Å².